The summed E-state index contributed by atoms with van der Waals surface area (Å²) in [6.07, 6.45) is 10.2. The summed E-state index contributed by atoms with van der Waals surface area (Å²) < 4.78 is 5.19. The third kappa shape index (κ3) is 7.15. The molecule has 1 heterocycles. The van der Waals surface area contributed by atoms with Crippen LogP contribution in [0.5, 0.6) is 0 Å². The van der Waals surface area contributed by atoms with E-state index in [0.29, 0.717) is 11.3 Å². The maximum Gasteiger partial charge on any atom is 0.350 e. The zero-order valence-corrected chi connectivity index (χ0v) is 15.5. The van der Waals surface area contributed by atoms with E-state index < -0.39 is 0 Å². The first kappa shape index (κ1) is 19.3. The number of unbranched alkanes of at least 4 members (excludes halogenated alkanes) is 6. The molecule has 0 radical (unpaired) electrons. The number of fused-ring (bicyclic) bond motifs is 1. The van der Waals surface area contributed by atoms with Gasteiger partial charge in [-0.1, -0.05) is 44.9 Å². The minimum absolute atomic E-state index is 0.360. The molecule has 0 aliphatic carbocycles. The zero-order valence-electron chi connectivity index (χ0n) is 14.7. The van der Waals surface area contributed by atoms with Crippen LogP contribution in [-0.2, 0) is 4.18 Å². The molecule has 1 aromatic heterocycles. The van der Waals surface area contributed by atoms with E-state index in [9.17, 15) is 4.79 Å². The standard InChI is InChI=1S/C20H24N2O2S/c1-2-3-4-5-6-7-8-9-10-15-25-24-20(23)18-11-12-19-17(16-18)13-14-21-22-19/h11-14,16H,2-8,15H2,1H3. The van der Waals surface area contributed by atoms with E-state index in [1.165, 1.54) is 32.1 Å². The Balaban J connectivity index is 1.63. The highest BCUT2D eigenvalue weighted by molar-refractivity contribution is 7.95. The van der Waals surface area contributed by atoms with Crippen molar-refractivity contribution in [3.63, 3.8) is 0 Å². The van der Waals surface area contributed by atoms with Gasteiger partial charge in [-0.25, -0.2) is 4.79 Å². The van der Waals surface area contributed by atoms with E-state index in [1.54, 1.807) is 24.4 Å². The zero-order chi connectivity index (χ0) is 17.7. The topological polar surface area (TPSA) is 52.1 Å². The average Bonchev–Trinajstić information content (AvgIpc) is 2.65. The molecule has 2 aromatic rings. The smallest absolute Gasteiger partial charge is 0.350 e. The highest BCUT2D eigenvalue weighted by atomic mass is 32.2. The van der Waals surface area contributed by atoms with Gasteiger partial charge in [-0.3, -0.25) is 0 Å². The van der Waals surface area contributed by atoms with Crippen molar-refractivity contribution in [3.8, 4) is 11.8 Å². The van der Waals surface area contributed by atoms with Gasteiger partial charge in [0, 0.05) is 11.8 Å². The monoisotopic (exact) mass is 356 g/mol. The largest absolute Gasteiger partial charge is 0.387 e. The lowest BCUT2D eigenvalue weighted by Crippen LogP contribution is -2.00. The number of hydrogen-bond acceptors (Lipinski definition) is 5. The van der Waals surface area contributed by atoms with Gasteiger partial charge in [0.2, 0.25) is 0 Å². The maximum atomic E-state index is 12.0. The van der Waals surface area contributed by atoms with E-state index in [1.807, 2.05) is 6.07 Å². The van der Waals surface area contributed by atoms with Gasteiger partial charge in [0.25, 0.3) is 0 Å². The van der Waals surface area contributed by atoms with Crippen LogP contribution in [0.2, 0.25) is 0 Å². The molecule has 0 aliphatic heterocycles. The Kier molecular flexibility index (Phi) is 8.85. The van der Waals surface area contributed by atoms with Crippen molar-refractivity contribution in [3.05, 3.63) is 36.0 Å². The lowest BCUT2D eigenvalue weighted by Gasteiger charge is -2.02. The maximum absolute atomic E-state index is 12.0. The van der Waals surface area contributed by atoms with Crippen molar-refractivity contribution < 1.29 is 8.98 Å². The van der Waals surface area contributed by atoms with Gasteiger partial charge in [0.1, 0.15) is 0 Å². The Hall–Kier alpha value is -2.06. The van der Waals surface area contributed by atoms with E-state index in [2.05, 4.69) is 29.0 Å². The molecule has 0 saturated carbocycles. The van der Waals surface area contributed by atoms with Gasteiger partial charge in [-0.2, -0.15) is 10.2 Å². The first-order chi connectivity index (χ1) is 12.3. The number of benzene rings is 1. The van der Waals surface area contributed by atoms with Gasteiger partial charge >= 0.3 is 5.97 Å². The fourth-order valence-electron chi connectivity index (χ4n) is 2.41. The molecule has 0 fully saturated rings. The average molecular weight is 356 g/mol. The molecule has 2 rings (SSSR count). The summed E-state index contributed by atoms with van der Waals surface area (Å²) in [5.41, 5.74) is 1.26. The summed E-state index contributed by atoms with van der Waals surface area (Å²) >= 11 is 1.09. The predicted octanol–water partition coefficient (Wildman–Crippen LogP) is 5.19. The molecule has 0 unspecified atom stereocenters. The molecule has 1 aromatic carbocycles. The van der Waals surface area contributed by atoms with E-state index in [0.717, 1.165) is 35.8 Å². The van der Waals surface area contributed by atoms with Gasteiger partial charge in [0.05, 0.1) is 35.1 Å². The summed E-state index contributed by atoms with van der Waals surface area (Å²) in [5, 5.41) is 8.67. The van der Waals surface area contributed by atoms with Gasteiger partial charge in [0.15, 0.2) is 0 Å². The van der Waals surface area contributed by atoms with Gasteiger partial charge < -0.3 is 4.18 Å². The third-order valence-electron chi connectivity index (χ3n) is 3.80. The van der Waals surface area contributed by atoms with E-state index in [4.69, 9.17) is 4.18 Å². The van der Waals surface area contributed by atoms with Gasteiger partial charge in [-0.05, 0) is 30.7 Å². The lowest BCUT2D eigenvalue weighted by atomic mass is 10.1. The first-order valence-electron chi connectivity index (χ1n) is 8.82. The Morgan fingerprint density at radius 2 is 1.96 bits per heavy atom. The molecule has 0 atom stereocenters. The molecule has 0 spiro atoms. The lowest BCUT2D eigenvalue weighted by molar-refractivity contribution is 0.0768. The first-order valence-corrected chi connectivity index (χ1v) is 9.73. The summed E-state index contributed by atoms with van der Waals surface area (Å²) in [5.74, 6) is 6.32. The molecule has 0 aliphatic rings. The van der Waals surface area contributed by atoms with Crippen molar-refractivity contribution in [1.29, 1.82) is 0 Å². The molecule has 0 amide bonds. The molecule has 0 bridgehead atoms. The Morgan fingerprint density at radius 3 is 2.84 bits per heavy atom. The fourth-order valence-corrected chi connectivity index (χ4v) is 2.83. The molecule has 25 heavy (non-hydrogen) atoms. The highest BCUT2D eigenvalue weighted by Gasteiger charge is 2.08. The fraction of sp³-hybridized carbons (Fsp3) is 0.450. The molecular formula is C20H24N2O2S. The SMILES string of the molecule is CCCCCCCCC#CCSOC(=O)c1ccc2nnccc2c1. The van der Waals surface area contributed by atoms with Crippen LogP contribution >= 0.6 is 12.0 Å². The van der Waals surface area contributed by atoms with Crippen LogP contribution in [0.4, 0.5) is 0 Å². The Morgan fingerprint density at radius 1 is 1.12 bits per heavy atom. The van der Waals surface area contributed by atoms with Crippen molar-refractivity contribution in [1.82, 2.24) is 10.2 Å². The van der Waals surface area contributed by atoms with Crippen LogP contribution in [0.15, 0.2) is 30.5 Å². The van der Waals surface area contributed by atoms with Crippen molar-refractivity contribution >= 4 is 28.9 Å². The quantitative estimate of drug-likeness (QED) is 0.352. The Labute approximate surface area is 154 Å². The van der Waals surface area contributed by atoms with Crippen LogP contribution in [-0.4, -0.2) is 21.9 Å². The number of nitrogens with zero attached hydrogens (tertiary/aromatic N) is 2. The number of carbonyl (C=O) groups excluding carboxylic acids is 1. The highest BCUT2D eigenvalue weighted by Crippen LogP contribution is 2.15. The van der Waals surface area contributed by atoms with Crippen LogP contribution in [0.3, 0.4) is 0 Å². The molecule has 0 saturated heterocycles. The normalized spacial score (nSPS) is 10.3. The number of hydrogen-bond donors (Lipinski definition) is 0. The van der Waals surface area contributed by atoms with Gasteiger partial charge in [-0.15, -0.1) is 5.92 Å². The van der Waals surface area contributed by atoms with Crippen LogP contribution in [0.25, 0.3) is 10.9 Å². The van der Waals surface area contributed by atoms with Crippen LogP contribution < -0.4 is 0 Å². The van der Waals surface area contributed by atoms with Crippen molar-refractivity contribution in [2.45, 2.75) is 51.9 Å². The van der Waals surface area contributed by atoms with Crippen molar-refractivity contribution in [2.75, 3.05) is 5.75 Å². The molecule has 5 heteroatoms. The molecular weight excluding hydrogens is 332 g/mol. The second-order valence-electron chi connectivity index (χ2n) is 5.81. The van der Waals surface area contributed by atoms with E-state index in [-0.39, 0.29) is 5.97 Å². The summed E-state index contributed by atoms with van der Waals surface area (Å²) in [4.78, 5) is 12.0. The number of carbonyl (C=O) groups is 1. The van der Waals surface area contributed by atoms with E-state index >= 15 is 0 Å². The second kappa shape index (κ2) is 11.5. The number of rotatable bonds is 9. The van der Waals surface area contributed by atoms with Crippen molar-refractivity contribution in [2.24, 2.45) is 0 Å². The molecule has 4 nitrogen and oxygen atoms in total. The molecule has 0 N–H and O–H groups in total. The van der Waals surface area contributed by atoms with Crippen LogP contribution in [0.1, 0.15) is 62.2 Å². The summed E-state index contributed by atoms with van der Waals surface area (Å²) in [6.45, 7) is 2.23. The summed E-state index contributed by atoms with van der Waals surface area (Å²) in [7, 11) is 0. The predicted molar refractivity (Wildman–Crippen MR) is 103 cm³/mol. The van der Waals surface area contributed by atoms with Crippen LogP contribution in [0, 0.1) is 11.8 Å². The number of aromatic nitrogens is 2. The Bertz CT molecular complexity index is 737. The summed E-state index contributed by atoms with van der Waals surface area (Å²) in [6, 6.07) is 7.05. The third-order valence-corrected chi connectivity index (χ3v) is 4.33. The second-order valence-corrected chi connectivity index (χ2v) is 6.50. The minimum atomic E-state index is -0.360. The molecule has 132 valence electrons. The minimum Gasteiger partial charge on any atom is -0.387 e.